The lowest BCUT2D eigenvalue weighted by atomic mass is 9.97. The number of carbonyl (C=O) groups excluding carboxylic acids is 4. The lowest BCUT2D eigenvalue weighted by Crippen LogP contribution is -2.60. The van der Waals surface area contributed by atoms with Crippen LogP contribution in [0.5, 0.6) is 0 Å². The molecule has 49 heavy (non-hydrogen) atoms. The predicted octanol–water partition coefficient (Wildman–Crippen LogP) is 4.93. The van der Waals surface area contributed by atoms with Gasteiger partial charge in [-0.3, -0.25) is 19.8 Å². The molecule has 3 rings (SSSR count). The molecule has 0 aliphatic heterocycles. The van der Waals surface area contributed by atoms with Gasteiger partial charge in [-0.2, -0.15) is 0 Å². The maximum Gasteiger partial charge on any atom is 0.329 e. The van der Waals surface area contributed by atoms with Gasteiger partial charge in [0, 0.05) is 42.9 Å². The van der Waals surface area contributed by atoms with Crippen LogP contribution in [-0.2, 0) is 41.6 Å². The number of hydrogen-bond donors (Lipinski definition) is 4. The van der Waals surface area contributed by atoms with Crippen molar-refractivity contribution in [3.05, 3.63) is 70.1 Å². The Bertz CT molecular complexity index is 1550. The van der Waals surface area contributed by atoms with Crippen molar-refractivity contribution in [2.24, 2.45) is 0 Å². The molecule has 0 unspecified atom stereocenters. The van der Waals surface area contributed by atoms with Crippen LogP contribution in [0, 0.1) is 0 Å². The van der Waals surface area contributed by atoms with Gasteiger partial charge in [0.15, 0.2) is 5.79 Å². The molecule has 2 atom stereocenters. The number of ether oxygens (including phenoxy) is 3. The molecule has 1 heterocycles. The molecular weight excluding hydrogens is 670 g/mol. The highest BCUT2D eigenvalue weighted by Gasteiger charge is 2.41. The molecule has 0 aliphatic carbocycles. The molecule has 0 fully saturated rings. The Balaban J connectivity index is 1.72. The van der Waals surface area contributed by atoms with E-state index in [1.807, 2.05) is 38.1 Å². The normalized spacial score (nSPS) is 13.1. The first kappa shape index (κ1) is 39.7. The van der Waals surface area contributed by atoms with Gasteiger partial charge in [0.1, 0.15) is 11.6 Å². The second kappa shape index (κ2) is 18.3. The van der Waals surface area contributed by atoms with Crippen molar-refractivity contribution in [3.63, 3.8) is 0 Å². The SMILES string of the molecule is CCOC(Cc1csc2ccccc12)(OCC)[C@H](C)NC(=O)[C@H](CC(=O)OC(C)(C)C)NC(=O)CN(C)NC(=O)NCc1ccc(Cl)cc1. The zero-order valence-electron chi connectivity index (χ0n) is 29.2. The first-order valence-corrected chi connectivity index (χ1v) is 17.4. The summed E-state index contributed by atoms with van der Waals surface area (Å²) < 4.78 is 19.1. The van der Waals surface area contributed by atoms with Gasteiger partial charge in [-0.15, -0.1) is 11.3 Å². The van der Waals surface area contributed by atoms with Crippen molar-refractivity contribution in [3.8, 4) is 0 Å². The maximum atomic E-state index is 13.8. The standard InChI is InChI=1S/C35H48ClN5O7S/c1-8-46-35(47-9-2,19-25-22-49-29-13-11-10-12-27(25)29)23(3)38-32(44)28(18-31(43)48-34(4,5)6)39-30(42)21-41(7)40-33(45)37-20-24-14-16-26(36)17-15-24/h10-17,22-23,28H,8-9,18-21H2,1-7H3,(H,38,44)(H,39,42)(H2,37,40,45)/t23-,28-/m0/s1. The summed E-state index contributed by atoms with van der Waals surface area (Å²) in [5, 5.41) is 13.2. The van der Waals surface area contributed by atoms with Gasteiger partial charge in [0.25, 0.3) is 0 Å². The molecule has 0 saturated heterocycles. The highest BCUT2D eigenvalue weighted by molar-refractivity contribution is 7.17. The lowest BCUT2D eigenvalue weighted by Gasteiger charge is -2.39. The van der Waals surface area contributed by atoms with E-state index in [4.69, 9.17) is 25.8 Å². The number of rotatable bonds is 17. The number of esters is 1. The topological polar surface area (TPSA) is 147 Å². The highest BCUT2D eigenvalue weighted by atomic mass is 35.5. The molecule has 0 aliphatic rings. The van der Waals surface area contributed by atoms with Crippen molar-refractivity contribution < 1.29 is 33.4 Å². The number of hydrazine groups is 1. The minimum atomic E-state index is -1.29. The number of urea groups is 1. The fourth-order valence-electron chi connectivity index (χ4n) is 5.15. The molecule has 4 N–H and O–H groups in total. The fourth-order valence-corrected chi connectivity index (χ4v) is 6.23. The third-order valence-electron chi connectivity index (χ3n) is 7.28. The van der Waals surface area contributed by atoms with Crippen LogP contribution in [0.1, 0.15) is 59.1 Å². The van der Waals surface area contributed by atoms with Gasteiger partial charge in [0.05, 0.1) is 19.0 Å². The Labute approximate surface area is 297 Å². The number of nitrogens with zero attached hydrogens (tertiary/aromatic N) is 1. The number of hydrogen-bond acceptors (Lipinski definition) is 9. The summed E-state index contributed by atoms with van der Waals surface area (Å²) in [5.41, 5.74) is 3.60. The number of thiophene rings is 1. The number of amides is 4. The van der Waals surface area contributed by atoms with E-state index in [1.54, 1.807) is 63.3 Å². The molecule has 1 aromatic heterocycles. The van der Waals surface area contributed by atoms with Crippen LogP contribution in [-0.4, -0.2) is 79.1 Å². The van der Waals surface area contributed by atoms with E-state index < -0.39 is 53.7 Å². The summed E-state index contributed by atoms with van der Waals surface area (Å²) in [6, 6.07) is 12.5. The fraction of sp³-hybridized carbons (Fsp3) is 0.486. The van der Waals surface area contributed by atoms with Gasteiger partial charge in [0.2, 0.25) is 11.8 Å². The summed E-state index contributed by atoms with van der Waals surface area (Å²) in [4.78, 5) is 52.2. The van der Waals surface area contributed by atoms with Crippen molar-refractivity contribution in [2.75, 3.05) is 26.8 Å². The summed E-state index contributed by atoms with van der Waals surface area (Å²) in [6.07, 6.45) is -0.0779. The second-order valence-corrected chi connectivity index (χ2v) is 13.9. The largest absolute Gasteiger partial charge is 0.460 e. The monoisotopic (exact) mass is 717 g/mol. The molecule has 0 radical (unpaired) electrons. The number of nitrogens with one attached hydrogen (secondary N) is 4. The summed E-state index contributed by atoms with van der Waals surface area (Å²) in [7, 11) is 1.50. The van der Waals surface area contributed by atoms with Crippen molar-refractivity contribution in [1.29, 1.82) is 0 Å². The Hall–Kier alpha value is -3.75. The van der Waals surface area contributed by atoms with Crippen LogP contribution in [0.4, 0.5) is 4.79 Å². The summed E-state index contributed by atoms with van der Waals surface area (Å²) in [5.74, 6) is -3.14. The van der Waals surface area contributed by atoms with E-state index >= 15 is 0 Å². The third-order valence-corrected chi connectivity index (χ3v) is 8.54. The van der Waals surface area contributed by atoms with Crippen LogP contribution in [0.25, 0.3) is 10.1 Å². The molecule has 2 aromatic carbocycles. The maximum absolute atomic E-state index is 13.8. The van der Waals surface area contributed by atoms with E-state index in [-0.39, 0.29) is 13.1 Å². The van der Waals surface area contributed by atoms with Crippen LogP contribution in [0.3, 0.4) is 0 Å². The molecule has 0 saturated carbocycles. The average molecular weight is 718 g/mol. The molecule has 0 spiro atoms. The van der Waals surface area contributed by atoms with Gasteiger partial charge in [-0.25, -0.2) is 9.80 Å². The molecule has 12 nitrogen and oxygen atoms in total. The Morgan fingerprint density at radius 2 is 1.61 bits per heavy atom. The van der Waals surface area contributed by atoms with Crippen molar-refractivity contribution in [1.82, 2.24) is 26.4 Å². The smallest absolute Gasteiger partial charge is 0.329 e. The highest BCUT2D eigenvalue weighted by Crippen LogP contribution is 2.32. The lowest BCUT2D eigenvalue weighted by molar-refractivity contribution is -0.246. The average Bonchev–Trinajstić information content (AvgIpc) is 3.42. The first-order chi connectivity index (χ1) is 23.1. The Morgan fingerprint density at radius 3 is 2.24 bits per heavy atom. The van der Waals surface area contributed by atoms with Gasteiger partial charge in [-0.05, 0) is 81.6 Å². The quantitative estimate of drug-likeness (QED) is 0.0873. The van der Waals surface area contributed by atoms with Crippen LogP contribution < -0.4 is 21.4 Å². The van der Waals surface area contributed by atoms with Crippen LogP contribution in [0.2, 0.25) is 5.02 Å². The third kappa shape index (κ3) is 12.6. The second-order valence-electron chi connectivity index (χ2n) is 12.5. The minimum Gasteiger partial charge on any atom is -0.460 e. The Morgan fingerprint density at radius 1 is 0.959 bits per heavy atom. The molecule has 3 aromatic rings. The van der Waals surface area contributed by atoms with E-state index in [9.17, 15) is 19.2 Å². The predicted molar refractivity (Wildman–Crippen MR) is 191 cm³/mol. The summed E-state index contributed by atoms with van der Waals surface area (Å²) in [6.45, 7) is 11.2. The van der Waals surface area contributed by atoms with Crippen LogP contribution in [0.15, 0.2) is 53.9 Å². The van der Waals surface area contributed by atoms with Gasteiger partial charge in [-0.1, -0.05) is 41.9 Å². The number of fused-ring (bicyclic) bond motifs is 1. The molecule has 4 amide bonds. The van der Waals surface area contributed by atoms with Gasteiger partial charge < -0.3 is 30.2 Å². The Kier molecular flexibility index (Phi) is 14.8. The zero-order chi connectivity index (χ0) is 36.2. The number of carbonyl (C=O) groups is 4. The van der Waals surface area contributed by atoms with E-state index in [1.165, 1.54) is 12.1 Å². The van der Waals surface area contributed by atoms with E-state index in [0.717, 1.165) is 21.2 Å². The zero-order valence-corrected chi connectivity index (χ0v) is 30.8. The van der Waals surface area contributed by atoms with Gasteiger partial charge >= 0.3 is 12.0 Å². The molecule has 0 bridgehead atoms. The molecule has 14 heteroatoms. The van der Waals surface area contributed by atoms with Crippen molar-refractivity contribution in [2.45, 2.75) is 84.4 Å². The minimum absolute atomic E-state index is 0.243. The van der Waals surface area contributed by atoms with E-state index in [0.29, 0.717) is 24.7 Å². The van der Waals surface area contributed by atoms with E-state index in [2.05, 4.69) is 26.8 Å². The number of benzene rings is 2. The first-order valence-electron chi connectivity index (χ1n) is 16.2. The summed E-state index contributed by atoms with van der Waals surface area (Å²) >= 11 is 7.52. The molecule has 268 valence electrons. The molecular formula is C35H48ClN5O7S. The number of halogens is 1. The van der Waals surface area contributed by atoms with Crippen molar-refractivity contribution >= 4 is 56.8 Å². The van der Waals surface area contributed by atoms with Crippen LogP contribution >= 0.6 is 22.9 Å². The number of likely N-dealkylation sites (N-methyl/N-ethyl adjacent to an activating group) is 1.